The molecule has 0 aliphatic carbocycles. The molecular formula is C25H28N4O8. The second-order valence-corrected chi connectivity index (χ2v) is 8.36. The van der Waals surface area contributed by atoms with Crippen LogP contribution in [0.25, 0.3) is 21.9 Å². The Labute approximate surface area is 211 Å². The molecule has 0 aliphatic heterocycles. The first-order chi connectivity index (χ1) is 17.5. The van der Waals surface area contributed by atoms with E-state index in [0.717, 1.165) is 0 Å². The molecule has 0 radical (unpaired) electrons. The van der Waals surface area contributed by atoms with Crippen molar-refractivity contribution in [1.82, 2.24) is 5.32 Å². The number of rotatable bonds is 10. The van der Waals surface area contributed by atoms with E-state index in [1.165, 1.54) is 18.2 Å². The van der Waals surface area contributed by atoms with Crippen LogP contribution in [0.4, 0.5) is 5.69 Å². The monoisotopic (exact) mass is 512 g/mol. The maximum atomic E-state index is 12.6. The number of aliphatic hydroxyl groups is 5. The smallest absolute Gasteiger partial charge is 0.336 e. The maximum Gasteiger partial charge on any atom is 0.336 e. The van der Waals surface area contributed by atoms with E-state index >= 15 is 0 Å². The number of benzene rings is 3. The Hall–Kier alpha value is -4.07. The summed E-state index contributed by atoms with van der Waals surface area (Å²) in [5.41, 5.74) is 12.5. The summed E-state index contributed by atoms with van der Waals surface area (Å²) in [6, 6.07) is 14.4. The van der Waals surface area contributed by atoms with Gasteiger partial charge in [-0.25, -0.2) is 9.79 Å². The van der Waals surface area contributed by atoms with Gasteiger partial charge >= 0.3 is 5.97 Å². The molecule has 0 unspecified atom stereocenters. The molecule has 11 N–H and O–H groups in total. The highest BCUT2D eigenvalue weighted by Gasteiger charge is 2.30. The van der Waals surface area contributed by atoms with Gasteiger partial charge in [0.15, 0.2) is 5.96 Å². The lowest BCUT2D eigenvalue weighted by molar-refractivity contribution is -0.113. The van der Waals surface area contributed by atoms with Crippen LogP contribution < -0.4 is 16.8 Å². The fraction of sp³-hybridized carbons (Fsp3) is 0.240. The van der Waals surface area contributed by atoms with Gasteiger partial charge in [0.05, 0.1) is 24.0 Å². The molecule has 0 spiro atoms. The van der Waals surface area contributed by atoms with Crippen molar-refractivity contribution in [3.63, 3.8) is 0 Å². The van der Waals surface area contributed by atoms with E-state index < -0.39 is 49.4 Å². The molecule has 12 heteroatoms. The topological polar surface area (TPSA) is 232 Å². The summed E-state index contributed by atoms with van der Waals surface area (Å²) in [5.74, 6) is -1.85. The van der Waals surface area contributed by atoms with Crippen molar-refractivity contribution < 1.29 is 40.2 Å². The number of hydrogen-bond donors (Lipinski definition) is 9. The van der Waals surface area contributed by atoms with E-state index in [1.807, 2.05) is 0 Å². The molecule has 3 rings (SSSR count). The van der Waals surface area contributed by atoms with E-state index in [9.17, 15) is 35.1 Å². The van der Waals surface area contributed by atoms with Crippen LogP contribution in [0.5, 0.6) is 0 Å². The number of carbonyl (C=O) groups is 2. The number of aliphatic imine (C=N–C) groups is 1. The normalized spacial score (nSPS) is 14.4. The van der Waals surface area contributed by atoms with E-state index in [2.05, 4.69) is 10.3 Å². The number of fused-ring (bicyclic) bond motifs is 1. The van der Waals surface area contributed by atoms with Crippen LogP contribution in [0.15, 0.2) is 59.6 Å². The number of aromatic carboxylic acids is 1. The molecular weight excluding hydrogens is 484 g/mol. The lowest BCUT2D eigenvalue weighted by atomic mass is 9.96. The number of carboxylic acid groups (broad SMARTS) is 1. The van der Waals surface area contributed by atoms with Gasteiger partial charge in [0.2, 0.25) is 0 Å². The Morgan fingerprint density at radius 3 is 2.16 bits per heavy atom. The molecule has 0 fully saturated rings. The van der Waals surface area contributed by atoms with Gasteiger partial charge in [0.25, 0.3) is 5.91 Å². The van der Waals surface area contributed by atoms with Crippen molar-refractivity contribution in [2.45, 2.75) is 24.4 Å². The SMILES string of the molecule is NC(N)=Nc1ccc(C(=O)O)c(-c2ccc3cc(C(=O)NC[C@H](O)[C@@H](O)[C@H](O)[C@H](O)CO)ccc3c2)c1. The molecule has 196 valence electrons. The minimum atomic E-state index is -1.80. The summed E-state index contributed by atoms with van der Waals surface area (Å²) in [5, 5.41) is 61.2. The third-order valence-electron chi connectivity index (χ3n) is 5.70. The molecule has 3 aromatic carbocycles. The van der Waals surface area contributed by atoms with Gasteiger partial charge in [-0.1, -0.05) is 18.2 Å². The van der Waals surface area contributed by atoms with Gasteiger partial charge in [-0.2, -0.15) is 0 Å². The first-order valence-electron chi connectivity index (χ1n) is 11.1. The maximum absolute atomic E-state index is 12.6. The van der Waals surface area contributed by atoms with Crippen LogP contribution in [-0.2, 0) is 0 Å². The van der Waals surface area contributed by atoms with Crippen LogP contribution in [0.1, 0.15) is 20.7 Å². The average molecular weight is 513 g/mol. The molecule has 0 aliphatic rings. The molecule has 0 heterocycles. The van der Waals surface area contributed by atoms with Crippen molar-refractivity contribution >= 4 is 34.3 Å². The van der Waals surface area contributed by atoms with Crippen LogP contribution in [0, 0.1) is 0 Å². The van der Waals surface area contributed by atoms with E-state index in [0.29, 0.717) is 27.6 Å². The highest BCUT2D eigenvalue weighted by Crippen LogP contribution is 2.31. The zero-order valence-electron chi connectivity index (χ0n) is 19.5. The summed E-state index contributed by atoms with van der Waals surface area (Å²) in [6.45, 7) is -1.23. The van der Waals surface area contributed by atoms with Crippen molar-refractivity contribution in [3.8, 4) is 11.1 Å². The number of nitrogens with one attached hydrogen (secondary N) is 1. The second-order valence-electron chi connectivity index (χ2n) is 8.36. The van der Waals surface area contributed by atoms with Gasteiger partial charge in [0, 0.05) is 12.1 Å². The lowest BCUT2D eigenvalue weighted by Gasteiger charge is -2.25. The number of carboxylic acids is 1. The second kappa shape index (κ2) is 11.8. The van der Waals surface area contributed by atoms with Crippen LogP contribution in [0.3, 0.4) is 0 Å². The molecule has 12 nitrogen and oxygen atoms in total. The van der Waals surface area contributed by atoms with Crippen molar-refractivity contribution in [3.05, 3.63) is 65.7 Å². The highest BCUT2D eigenvalue weighted by atomic mass is 16.4. The number of nitrogens with two attached hydrogens (primary N) is 2. The standard InChI is InChI=1S/C25H28N4O8/c26-25(27)29-16-5-6-17(24(36)37)18(9-16)14-3-1-13-8-15(4-2-12(13)7-14)23(35)28-10-19(31)21(33)22(34)20(32)11-30/h1-9,19-22,30-34H,10-11H2,(H,28,35)(H,36,37)(H4,26,27,29)/t19-,20+,21+,22+/m0/s1. The number of hydrogen-bond acceptors (Lipinski definition) is 8. The van der Waals surface area contributed by atoms with Gasteiger partial charge in [-0.3, -0.25) is 4.79 Å². The number of guanidine groups is 1. The Morgan fingerprint density at radius 2 is 1.51 bits per heavy atom. The summed E-state index contributed by atoms with van der Waals surface area (Å²) >= 11 is 0. The van der Waals surface area contributed by atoms with E-state index in [1.54, 1.807) is 36.4 Å². The lowest BCUT2D eigenvalue weighted by Crippen LogP contribution is -2.49. The van der Waals surface area contributed by atoms with Crippen LogP contribution in [0.2, 0.25) is 0 Å². The number of amides is 1. The molecule has 0 bridgehead atoms. The predicted molar refractivity (Wildman–Crippen MR) is 135 cm³/mol. The fourth-order valence-electron chi connectivity index (χ4n) is 3.71. The first kappa shape index (κ1) is 27.5. The average Bonchev–Trinajstić information content (AvgIpc) is 2.88. The Kier molecular flexibility index (Phi) is 8.76. The highest BCUT2D eigenvalue weighted by molar-refractivity contribution is 6.01. The summed E-state index contributed by atoms with van der Waals surface area (Å²) < 4.78 is 0. The van der Waals surface area contributed by atoms with Crippen molar-refractivity contribution in [2.24, 2.45) is 16.5 Å². The molecule has 4 atom stereocenters. The third kappa shape index (κ3) is 6.58. The van der Waals surface area contributed by atoms with Crippen LogP contribution >= 0.6 is 0 Å². The zero-order valence-corrected chi connectivity index (χ0v) is 19.5. The number of carbonyl (C=O) groups excluding carboxylic acids is 1. The first-order valence-corrected chi connectivity index (χ1v) is 11.1. The third-order valence-corrected chi connectivity index (χ3v) is 5.70. The van der Waals surface area contributed by atoms with Crippen LogP contribution in [-0.4, -0.2) is 86.0 Å². The van der Waals surface area contributed by atoms with Crippen molar-refractivity contribution in [2.75, 3.05) is 13.2 Å². The molecule has 3 aromatic rings. The Bertz CT molecular complexity index is 1330. The van der Waals surface area contributed by atoms with Crippen molar-refractivity contribution in [1.29, 1.82) is 0 Å². The minimum absolute atomic E-state index is 0.0576. The fourth-order valence-corrected chi connectivity index (χ4v) is 3.71. The zero-order chi connectivity index (χ0) is 27.3. The van der Waals surface area contributed by atoms with Gasteiger partial charge in [-0.15, -0.1) is 0 Å². The molecule has 0 saturated carbocycles. The Balaban J connectivity index is 1.81. The summed E-state index contributed by atoms with van der Waals surface area (Å²) in [6.07, 6.45) is -6.83. The summed E-state index contributed by atoms with van der Waals surface area (Å²) in [4.78, 5) is 28.3. The molecule has 0 aromatic heterocycles. The molecule has 1 amide bonds. The van der Waals surface area contributed by atoms with Gasteiger partial charge in [0.1, 0.15) is 18.3 Å². The minimum Gasteiger partial charge on any atom is -0.478 e. The van der Waals surface area contributed by atoms with Gasteiger partial charge < -0.3 is 47.4 Å². The molecule has 0 saturated heterocycles. The van der Waals surface area contributed by atoms with E-state index in [4.69, 9.17) is 16.6 Å². The number of aliphatic hydroxyl groups excluding tert-OH is 5. The van der Waals surface area contributed by atoms with E-state index in [-0.39, 0.29) is 17.1 Å². The molecule has 37 heavy (non-hydrogen) atoms. The number of nitrogens with zero attached hydrogens (tertiary/aromatic N) is 1. The largest absolute Gasteiger partial charge is 0.478 e. The summed E-state index contributed by atoms with van der Waals surface area (Å²) in [7, 11) is 0. The Morgan fingerprint density at radius 1 is 0.865 bits per heavy atom. The van der Waals surface area contributed by atoms with Gasteiger partial charge in [-0.05, 0) is 58.3 Å². The predicted octanol–water partition coefficient (Wildman–Crippen LogP) is -0.724. The quantitative estimate of drug-likeness (QED) is 0.122.